The average molecular weight is 334 g/mol. The van der Waals surface area contributed by atoms with Crippen LogP contribution in [0, 0.1) is 5.92 Å². The van der Waals surface area contributed by atoms with Gasteiger partial charge in [-0.05, 0) is 28.2 Å². The number of rotatable bonds is 4. The van der Waals surface area contributed by atoms with Crippen LogP contribution in [0.3, 0.4) is 0 Å². The van der Waals surface area contributed by atoms with E-state index in [2.05, 4.69) is 4.74 Å². The zero-order valence-electron chi connectivity index (χ0n) is 13.1. The second kappa shape index (κ2) is 6.30. The summed E-state index contributed by atoms with van der Waals surface area (Å²) in [6, 6.07) is 15.9. The van der Waals surface area contributed by atoms with Crippen molar-refractivity contribution in [3.8, 4) is 11.1 Å². The molecule has 0 saturated heterocycles. The zero-order valence-corrected chi connectivity index (χ0v) is 13.1. The van der Waals surface area contributed by atoms with Crippen molar-refractivity contribution < 1.29 is 22.7 Å². The number of hydrogen-bond acceptors (Lipinski definition) is 2. The van der Waals surface area contributed by atoms with Gasteiger partial charge in [0.1, 0.15) is 0 Å². The molecule has 0 N–H and O–H groups in total. The molecule has 0 aliphatic heterocycles. The smallest absolute Gasteiger partial charge is 0.422 e. The molecule has 0 saturated carbocycles. The Hall–Kier alpha value is -2.30. The molecule has 2 aromatic rings. The summed E-state index contributed by atoms with van der Waals surface area (Å²) < 4.78 is 40.9. The summed E-state index contributed by atoms with van der Waals surface area (Å²) in [6.07, 6.45) is -4.55. The summed E-state index contributed by atoms with van der Waals surface area (Å²) in [5.41, 5.74) is 4.45. The van der Waals surface area contributed by atoms with Gasteiger partial charge in [-0.15, -0.1) is 0 Å². The van der Waals surface area contributed by atoms with E-state index in [-0.39, 0.29) is 18.3 Å². The first-order chi connectivity index (χ1) is 11.4. The molecule has 1 aliphatic rings. The molecule has 3 rings (SSSR count). The van der Waals surface area contributed by atoms with Gasteiger partial charge in [-0.2, -0.15) is 13.2 Å². The van der Waals surface area contributed by atoms with Gasteiger partial charge < -0.3 is 4.74 Å². The van der Waals surface area contributed by atoms with E-state index in [1.165, 1.54) is 0 Å². The predicted octanol–water partition coefficient (Wildman–Crippen LogP) is 4.93. The largest absolute Gasteiger partial charge is 0.456 e. The van der Waals surface area contributed by atoms with Crippen molar-refractivity contribution in [2.24, 2.45) is 5.92 Å². The first-order valence-corrected chi connectivity index (χ1v) is 7.77. The molecule has 2 nitrogen and oxygen atoms in total. The lowest BCUT2D eigenvalue weighted by molar-refractivity contribution is -0.186. The van der Waals surface area contributed by atoms with Gasteiger partial charge in [-0.1, -0.05) is 55.5 Å². The Morgan fingerprint density at radius 1 is 1.04 bits per heavy atom. The topological polar surface area (TPSA) is 26.3 Å². The first kappa shape index (κ1) is 16.6. The Labute approximate surface area is 138 Å². The Balaban J connectivity index is 1.80. The third kappa shape index (κ3) is 3.30. The van der Waals surface area contributed by atoms with Crippen molar-refractivity contribution in [1.29, 1.82) is 0 Å². The molecule has 0 amide bonds. The van der Waals surface area contributed by atoms with Gasteiger partial charge in [0.2, 0.25) is 0 Å². The first-order valence-electron chi connectivity index (χ1n) is 7.77. The van der Waals surface area contributed by atoms with E-state index in [9.17, 15) is 18.0 Å². The highest BCUT2D eigenvalue weighted by Crippen LogP contribution is 2.48. The van der Waals surface area contributed by atoms with E-state index in [0.29, 0.717) is 0 Å². The lowest BCUT2D eigenvalue weighted by atomic mass is 9.83. The van der Waals surface area contributed by atoms with Crippen LogP contribution in [0.4, 0.5) is 13.2 Å². The van der Waals surface area contributed by atoms with Crippen LogP contribution in [0.1, 0.15) is 30.4 Å². The lowest BCUT2D eigenvalue weighted by Gasteiger charge is -2.21. The van der Waals surface area contributed by atoms with Crippen LogP contribution in [-0.2, 0) is 9.53 Å². The van der Waals surface area contributed by atoms with Gasteiger partial charge in [-0.25, -0.2) is 0 Å². The molecule has 24 heavy (non-hydrogen) atoms. The number of halogens is 3. The third-order valence-electron chi connectivity index (χ3n) is 4.34. The van der Waals surface area contributed by atoms with E-state index in [1.54, 1.807) is 0 Å². The molecule has 0 fully saturated rings. The minimum absolute atomic E-state index is 0.0177. The molecule has 1 aliphatic carbocycles. The summed E-state index contributed by atoms with van der Waals surface area (Å²) in [5.74, 6) is -0.993. The van der Waals surface area contributed by atoms with Gasteiger partial charge in [0.25, 0.3) is 0 Å². The minimum Gasteiger partial charge on any atom is -0.456 e. The van der Waals surface area contributed by atoms with Gasteiger partial charge in [0, 0.05) is 12.3 Å². The van der Waals surface area contributed by atoms with E-state index in [0.717, 1.165) is 22.3 Å². The normalized spacial score (nSPS) is 14.8. The number of carbonyl (C=O) groups is 1. The van der Waals surface area contributed by atoms with E-state index in [1.807, 2.05) is 55.5 Å². The van der Waals surface area contributed by atoms with Crippen LogP contribution in [-0.4, -0.2) is 18.8 Å². The van der Waals surface area contributed by atoms with Crippen molar-refractivity contribution in [3.63, 3.8) is 0 Å². The maximum atomic E-state index is 12.2. The second-order valence-corrected chi connectivity index (χ2v) is 6.11. The number of carbonyl (C=O) groups excluding carboxylic acids is 1. The molecular formula is C19H17F3O2. The van der Waals surface area contributed by atoms with Crippen LogP contribution in [0.25, 0.3) is 11.1 Å². The number of ether oxygens (including phenoxy) is 1. The van der Waals surface area contributed by atoms with Crippen LogP contribution < -0.4 is 0 Å². The number of alkyl halides is 3. The average Bonchev–Trinajstić information content (AvgIpc) is 2.87. The Bertz CT molecular complexity index is 707. The SMILES string of the molecule is CC(CC(=O)OCC(F)(F)F)C1c2ccccc2-c2ccccc21. The van der Waals surface area contributed by atoms with Crippen molar-refractivity contribution in [2.45, 2.75) is 25.4 Å². The number of hydrogen-bond donors (Lipinski definition) is 0. The molecule has 2 aromatic carbocycles. The lowest BCUT2D eigenvalue weighted by Crippen LogP contribution is -2.22. The molecule has 126 valence electrons. The number of benzene rings is 2. The number of fused-ring (bicyclic) bond motifs is 3. The highest BCUT2D eigenvalue weighted by Gasteiger charge is 2.34. The molecule has 0 aromatic heterocycles. The van der Waals surface area contributed by atoms with E-state index in [4.69, 9.17) is 0 Å². The maximum Gasteiger partial charge on any atom is 0.422 e. The fraction of sp³-hybridized carbons (Fsp3) is 0.316. The third-order valence-corrected chi connectivity index (χ3v) is 4.34. The van der Waals surface area contributed by atoms with Crippen LogP contribution >= 0.6 is 0 Å². The highest BCUT2D eigenvalue weighted by molar-refractivity contribution is 5.79. The van der Waals surface area contributed by atoms with Crippen molar-refractivity contribution >= 4 is 5.97 Å². The van der Waals surface area contributed by atoms with Crippen LogP contribution in [0.5, 0.6) is 0 Å². The van der Waals surface area contributed by atoms with Crippen LogP contribution in [0.2, 0.25) is 0 Å². The van der Waals surface area contributed by atoms with Crippen molar-refractivity contribution in [2.75, 3.05) is 6.61 Å². The quantitative estimate of drug-likeness (QED) is 0.741. The molecule has 1 atom stereocenters. The zero-order chi connectivity index (χ0) is 17.3. The highest BCUT2D eigenvalue weighted by atomic mass is 19.4. The summed E-state index contributed by atoms with van der Waals surface area (Å²) in [4.78, 5) is 11.8. The molecule has 1 unspecified atom stereocenters. The van der Waals surface area contributed by atoms with Gasteiger partial charge in [0.05, 0.1) is 0 Å². The van der Waals surface area contributed by atoms with Crippen LogP contribution in [0.15, 0.2) is 48.5 Å². The molecule has 0 spiro atoms. The Morgan fingerprint density at radius 3 is 2.04 bits per heavy atom. The van der Waals surface area contributed by atoms with E-state index < -0.39 is 18.8 Å². The maximum absolute atomic E-state index is 12.2. The monoisotopic (exact) mass is 334 g/mol. The Kier molecular flexibility index (Phi) is 4.35. The molecule has 5 heteroatoms. The fourth-order valence-corrected chi connectivity index (χ4v) is 3.41. The summed E-state index contributed by atoms with van der Waals surface area (Å²) in [6.45, 7) is 0.342. The van der Waals surface area contributed by atoms with Gasteiger partial charge in [-0.3, -0.25) is 4.79 Å². The molecular weight excluding hydrogens is 317 g/mol. The minimum atomic E-state index is -4.49. The van der Waals surface area contributed by atoms with Gasteiger partial charge in [0.15, 0.2) is 6.61 Å². The molecule has 0 radical (unpaired) electrons. The fourth-order valence-electron chi connectivity index (χ4n) is 3.41. The summed E-state index contributed by atoms with van der Waals surface area (Å²) in [5, 5.41) is 0. The summed E-state index contributed by atoms with van der Waals surface area (Å²) >= 11 is 0. The summed E-state index contributed by atoms with van der Waals surface area (Å²) in [7, 11) is 0. The van der Waals surface area contributed by atoms with E-state index >= 15 is 0 Å². The van der Waals surface area contributed by atoms with Crippen molar-refractivity contribution in [3.05, 3.63) is 59.7 Å². The second-order valence-electron chi connectivity index (χ2n) is 6.11. The Morgan fingerprint density at radius 2 is 1.54 bits per heavy atom. The molecule has 0 bridgehead atoms. The van der Waals surface area contributed by atoms with Crippen molar-refractivity contribution in [1.82, 2.24) is 0 Å². The van der Waals surface area contributed by atoms with Gasteiger partial charge >= 0.3 is 12.1 Å². The molecule has 0 heterocycles. The standard InChI is InChI=1S/C19H17F3O2/c1-12(10-17(23)24-11-19(20,21)22)18-15-8-4-2-6-13(15)14-7-3-5-9-16(14)18/h2-9,12,18H,10-11H2,1H3. The predicted molar refractivity (Wildman–Crippen MR) is 84.5 cm³/mol. The number of esters is 1.